The molecule has 0 radical (unpaired) electrons. The zero-order valence-corrected chi connectivity index (χ0v) is 11.0. The van der Waals surface area contributed by atoms with Gasteiger partial charge in [0.2, 0.25) is 5.91 Å². The SMILES string of the molecule is CCC(O)(CC)CNC(=O)C1CCCCC1N. The molecule has 0 aromatic carbocycles. The third-order valence-electron chi connectivity index (χ3n) is 4.06. The molecule has 0 saturated heterocycles. The molecule has 1 aliphatic rings. The summed E-state index contributed by atoms with van der Waals surface area (Å²) in [5.74, 6) is -0.0563. The summed E-state index contributed by atoms with van der Waals surface area (Å²) in [7, 11) is 0. The van der Waals surface area contributed by atoms with Crippen LogP contribution in [0.4, 0.5) is 0 Å². The number of nitrogens with one attached hydrogen (secondary N) is 1. The lowest BCUT2D eigenvalue weighted by atomic mass is 9.84. The molecule has 2 atom stereocenters. The van der Waals surface area contributed by atoms with Crippen molar-refractivity contribution < 1.29 is 9.90 Å². The highest BCUT2D eigenvalue weighted by molar-refractivity contribution is 5.79. The molecule has 1 amide bonds. The van der Waals surface area contributed by atoms with E-state index in [0.717, 1.165) is 25.7 Å². The van der Waals surface area contributed by atoms with E-state index in [1.165, 1.54) is 0 Å². The van der Waals surface area contributed by atoms with Crippen LogP contribution in [0.5, 0.6) is 0 Å². The van der Waals surface area contributed by atoms with Crippen LogP contribution in [0, 0.1) is 5.92 Å². The fraction of sp³-hybridized carbons (Fsp3) is 0.923. The van der Waals surface area contributed by atoms with Gasteiger partial charge in [-0.3, -0.25) is 4.79 Å². The van der Waals surface area contributed by atoms with E-state index in [9.17, 15) is 9.90 Å². The highest BCUT2D eigenvalue weighted by Crippen LogP contribution is 2.23. The molecule has 0 bridgehead atoms. The Kier molecular flexibility index (Phi) is 5.40. The van der Waals surface area contributed by atoms with E-state index in [4.69, 9.17) is 5.73 Å². The monoisotopic (exact) mass is 242 g/mol. The maximum absolute atomic E-state index is 12.0. The lowest BCUT2D eigenvalue weighted by Gasteiger charge is -2.30. The van der Waals surface area contributed by atoms with E-state index >= 15 is 0 Å². The summed E-state index contributed by atoms with van der Waals surface area (Å²) in [6, 6.07) is -0.0138. The summed E-state index contributed by atoms with van der Waals surface area (Å²) in [6.45, 7) is 4.20. The predicted molar refractivity (Wildman–Crippen MR) is 68.5 cm³/mol. The molecule has 4 heteroatoms. The average Bonchev–Trinajstić information content (AvgIpc) is 2.36. The third kappa shape index (κ3) is 3.96. The van der Waals surface area contributed by atoms with Gasteiger partial charge in [0.15, 0.2) is 0 Å². The van der Waals surface area contributed by atoms with Crippen molar-refractivity contribution in [2.45, 2.75) is 64.0 Å². The Morgan fingerprint density at radius 1 is 1.35 bits per heavy atom. The summed E-state index contributed by atoms with van der Waals surface area (Å²) in [5, 5.41) is 13.0. The van der Waals surface area contributed by atoms with Crippen molar-refractivity contribution in [3.05, 3.63) is 0 Å². The van der Waals surface area contributed by atoms with Crippen LogP contribution in [0.15, 0.2) is 0 Å². The van der Waals surface area contributed by atoms with E-state index in [-0.39, 0.29) is 17.9 Å². The van der Waals surface area contributed by atoms with E-state index in [1.54, 1.807) is 0 Å². The van der Waals surface area contributed by atoms with Crippen molar-refractivity contribution in [1.82, 2.24) is 5.32 Å². The summed E-state index contributed by atoms with van der Waals surface area (Å²) in [5.41, 5.74) is 5.19. The Morgan fingerprint density at radius 2 is 1.94 bits per heavy atom. The molecule has 1 fully saturated rings. The molecule has 1 saturated carbocycles. The summed E-state index contributed by atoms with van der Waals surface area (Å²) < 4.78 is 0. The topological polar surface area (TPSA) is 75.3 Å². The van der Waals surface area contributed by atoms with Crippen LogP contribution in [-0.4, -0.2) is 29.2 Å². The number of amides is 1. The van der Waals surface area contributed by atoms with Gasteiger partial charge in [-0.2, -0.15) is 0 Å². The molecule has 100 valence electrons. The van der Waals surface area contributed by atoms with E-state index in [2.05, 4.69) is 5.32 Å². The van der Waals surface area contributed by atoms with Crippen molar-refractivity contribution in [1.29, 1.82) is 0 Å². The highest BCUT2D eigenvalue weighted by Gasteiger charge is 2.30. The molecule has 17 heavy (non-hydrogen) atoms. The Morgan fingerprint density at radius 3 is 2.47 bits per heavy atom. The van der Waals surface area contributed by atoms with Crippen LogP contribution in [0.1, 0.15) is 52.4 Å². The van der Waals surface area contributed by atoms with Gasteiger partial charge in [0, 0.05) is 12.6 Å². The first-order chi connectivity index (χ1) is 8.02. The second-order valence-corrected chi connectivity index (χ2v) is 5.20. The fourth-order valence-electron chi connectivity index (χ4n) is 2.37. The normalized spacial score (nSPS) is 25.6. The summed E-state index contributed by atoms with van der Waals surface area (Å²) in [6.07, 6.45) is 5.32. The number of rotatable bonds is 5. The molecule has 0 spiro atoms. The van der Waals surface area contributed by atoms with E-state index in [1.807, 2.05) is 13.8 Å². The minimum absolute atomic E-state index is 0.0116. The van der Waals surface area contributed by atoms with E-state index in [0.29, 0.717) is 19.4 Å². The van der Waals surface area contributed by atoms with Crippen LogP contribution in [-0.2, 0) is 4.79 Å². The largest absolute Gasteiger partial charge is 0.388 e. The summed E-state index contributed by atoms with van der Waals surface area (Å²) in [4.78, 5) is 12.0. The molecular weight excluding hydrogens is 216 g/mol. The minimum atomic E-state index is -0.769. The number of hydrogen-bond acceptors (Lipinski definition) is 3. The number of hydrogen-bond donors (Lipinski definition) is 3. The van der Waals surface area contributed by atoms with Gasteiger partial charge in [0.05, 0.1) is 11.5 Å². The van der Waals surface area contributed by atoms with Crippen LogP contribution < -0.4 is 11.1 Å². The highest BCUT2D eigenvalue weighted by atomic mass is 16.3. The Bertz CT molecular complexity index is 252. The molecule has 4 nitrogen and oxygen atoms in total. The second-order valence-electron chi connectivity index (χ2n) is 5.20. The Hall–Kier alpha value is -0.610. The first-order valence-corrected chi connectivity index (χ1v) is 6.78. The third-order valence-corrected chi connectivity index (χ3v) is 4.06. The predicted octanol–water partition coefficient (Wildman–Crippen LogP) is 1.17. The molecule has 0 heterocycles. The van der Waals surface area contributed by atoms with E-state index < -0.39 is 5.60 Å². The van der Waals surface area contributed by atoms with Crippen molar-refractivity contribution in [2.75, 3.05) is 6.54 Å². The minimum Gasteiger partial charge on any atom is -0.388 e. The standard InChI is InChI=1S/C13H26N2O2/c1-3-13(17,4-2)9-15-12(16)10-7-5-6-8-11(10)14/h10-11,17H,3-9,14H2,1-2H3,(H,15,16). The first-order valence-electron chi connectivity index (χ1n) is 6.78. The zero-order valence-electron chi connectivity index (χ0n) is 11.0. The molecule has 1 aliphatic carbocycles. The van der Waals surface area contributed by atoms with Gasteiger partial charge in [0.1, 0.15) is 0 Å². The maximum Gasteiger partial charge on any atom is 0.224 e. The van der Waals surface area contributed by atoms with Crippen LogP contribution in [0.25, 0.3) is 0 Å². The Balaban J connectivity index is 2.43. The van der Waals surface area contributed by atoms with Gasteiger partial charge < -0.3 is 16.2 Å². The fourth-order valence-corrected chi connectivity index (χ4v) is 2.37. The van der Waals surface area contributed by atoms with Gasteiger partial charge in [-0.1, -0.05) is 26.7 Å². The molecule has 0 aromatic rings. The lowest BCUT2D eigenvalue weighted by molar-refractivity contribution is -0.127. The number of aliphatic hydroxyl groups is 1. The second kappa shape index (κ2) is 6.36. The maximum atomic E-state index is 12.0. The molecule has 0 aromatic heterocycles. The van der Waals surface area contributed by atoms with Gasteiger partial charge in [-0.25, -0.2) is 0 Å². The van der Waals surface area contributed by atoms with Crippen molar-refractivity contribution in [2.24, 2.45) is 11.7 Å². The van der Waals surface area contributed by atoms with Crippen molar-refractivity contribution in [3.8, 4) is 0 Å². The van der Waals surface area contributed by atoms with Gasteiger partial charge >= 0.3 is 0 Å². The van der Waals surface area contributed by atoms with Crippen LogP contribution >= 0.6 is 0 Å². The molecule has 0 aliphatic heterocycles. The van der Waals surface area contributed by atoms with Crippen molar-refractivity contribution >= 4 is 5.91 Å². The van der Waals surface area contributed by atoms with Crippen LogP contribution in [0.2, 0.25) is 0 Å². The molecular formula is C13H26N2O2. The van der Waals surface area contributed by atoms with Crippen LogP contribution in [0.3, 0.4) is 0 Å². The lowest BCUT2D eigenvalue weighted by Crippen LogP contribution is -2.48. The summed E-state index contributed by atoms with van der Waals surface area (Å²) >= 11 is 0. The Labute approximate surface area is 104 Å². The molecule has 4 N–H and O–H groups in total. The number of carbonyl (C=O) groups excluding carboxylic acids is 1. The smallest absolute Gasteiger partial charge is 0.224 e. The van der Waals surface area contributed by atoms with Crippen molar-refractivity contribution in [3.63, 3.8) is 0 Å². The average molecular weight is 242 g/mol. The van der Waals surface area contributed by atoms with Gasteiger partial charge in [-0.05, 0) is 25.7 Å². The quantitative estimate of drug-likeness (QED) is 0.677. The molecule has 2 unspecified atom stereocenters. The first kappa shape index (κ1) is 14.5. The van der Waals surface area contributed by atoms with Gasteiger partial charge in [0.25, 0.3) is 0 Å². The zero-order chi connectivity index (χ0) is 12.9. The van der Waals surface area contributed by atoms with Gasteiger partial charge in [-0.15, -0.1) is 0 Å². The number of nitrogens with two attached hydrogens (primary N) is 1. The number of carbonyl (C=O) groups is 1. The molecule has 1 rings (SSSR count).